The van der Waals surface area contributed by atoms with E-state index in [0.29, 0.717) is 25.4 Å². The average molecular weight is 300 g/mol. The normalized spacial score (nSPS) is 14.9. The summed E-state index contributed by atoms with van der Waals surface area (Å²) >= 11 is 0. The van der Waals surface area contributed by atoms with Crippen LogP contribution in [0.15, 0.2) is 12.1 Å². The number of hydrogen-bond acceptors (Lipinski definition) is 3. The van der Waals surface area contributed by atoms with E-state index in [0.717, 1.165) is 0 Å². The minimum atomic E-state index is -2.70. The smallest absolute Gasteiger partial charge is 0.304 e. The molecule has 6 heteroatoms. The Morgan fingerprint density at radius 1 is 1.29 bits per heavy atom. The molecule has 0 aromatic heterocycles. The molecule has 0 unspecified atom stereocenters. The molecule has 0 fully saturated rings. The Kier molecular flexibility index (Phi) is 4.34. The van der Waals surface area contributed by atoms with Crippen molar-refractivity contribution in [1.82, 2.24) is 0 Å². The van der Waals surface area contributed by atoms with Crippen molar-refractivity contribution in [2.24, 2.45) is 0 Å². The van der Waals surface area contributed by atoms with Crippen LogP contribution in [0, 0.1) is 0 Å². The molecular weight excluding hydrogens is 282 g/mol. The fourth-order valence-corrected chi connectivity index (χ4v) is 2.46. The standard InChI is InChI=1S/C15H18F2O4/c1-15(2,8-13(18)19)10-7-12-11(6-9(10)14(16)17)20-4-3-5-21-12/h6-7,14H,3-5,8H2,1-2H3,(H,18,19). The summed E-state index contributed by atoms with van der Waals surface area (Å²) in [6, 6.07) is 2.76. The third kappa shape index (κ3) is 3.43. The van der Waals surface area contributed by atoms with Gasteiger partial charge in [0.1, 0.15) is 0 Å². The second kappa shape index (κ2) is 5.87. The zero-order valence-corrected chi connectivity index (χ0v) is 12.0. The van der Waals surface area contributed by atoms with E-state index in [1.807, 2.05) is 0 Å². The van der Waals surface area contributed by atoms with Crippen molar-refractivity contribution in [2.45, 2.75) is 38.5 Å². The maximum Gasteiger partial charge on any atom is 0.304 e. The summed E-state index contributed by atoms with van der Waals surface area (Å²) in [6.45, 7) is 4.12. The zero-order valence-electron chi connectivity index (χ0n) is 12.0. The third-order valence-electron chi connectivity index (χ3n) is 3.48. The molecule has 1 N–H and O–H groups in total. The van der Waals surface area contributed by atoms with Gasteiger partial charge in [-0.15, -0.1) is 0 Å². The Bertz CT molecular complexity index is 541. The first-order valence-electron chi connectivity index (χ1n) is 6.75. The Balaban J connectivity index is 2.52. The second-order valence-corrected chi connectivity index (χ2v) is 5.69. The molecule has 4 nitrogen and oxygen atoms in total. The van der Waals surface area contributed by atoms with Crippen molar-refractivity contribution in [3.05, 3.63) is 23.3 Å². The number of hydrogen-bond donors (Lipinski definition) is 1. The highest BCUT2D eigenvalue weighted by Crippen LogP contribution is 2.42. The van der Waals surface area contributed by atoms with Gasteiger partial charge in [0.05, 0.1) is 19.6 Å². The van der Waals surface area contributed by atoms with Crippen molar-refractivity contribution in [2.75, 3.05) is 13.2 Å². The maximum atomic E-state index is 13.3. The van der Waals surface area contributed by atoms with Crippen molar-refractivity contribution in [3.63, 3.8) is 0 Å². The van der Waals surface area contributed by atoms with Crippen LogP contribution in [-0.4, -0.2) is 24.3 Å². The van der Waals surface area contributed by atoms with Crippen molar-refractivity contribution < 1.29 is 28.2 Å². The number of alkyl halides is 2. The van der Waals surface area contributed by atoms with Gasteiger partial charge in [-0.05, 0) is 17.7 Å². The summed E-state index contributed by atoms with van der Waals surface area (Å²) in [5, 5.41) is 8.98. The maximum absolute atomic E-state index is 13.3. The lowest BCUT2D eigenvalue weighted by molar-refractivity contribution is -0.138. The molecule has 0 aliphatic carbocycles. The van der Waals surface area contributed by atoms with Gasteiger partial charge in [-0.1, -0.05) is 13.8 Å². The molecule has 1 heterocycles. The van der Waals surface area contributed by atoms with E-state index in [1.54, 1.807) is 13.8 Å². The highest BCUT2D eigenvalue weighted by molar-refractivity contribution is 5.69. The molecule has 116 valence electrons. The van der Waals surface area contributed by atoms with Crippen LogP contribution in [0.4, 0.5) is 8.78 Å². The van der Waals surface area contributed by atoms with E-state index >= 15 is 0 Å². The minimum Gasteiger partial charge on any atom is -0.490 e. The zero-order chi connectivity index (χ0) is 15.6. The van der Waals surface area contributed by atoms with Crippen LogP contribution in [0.25, 0.3) is 0 Å². The van der Waals surface area contributed by atoms with Crippen LogP contribution in [0.2, 0.25) is 0 Å². The molecule has 1 aliphatic heterocycles. The number of halogens is 2. The van der Waals surface area contributed by atoms with E-state index in [9.17, 15) is 13.6 Å². The summed E-state index contributed by atoms with van der Waals surface area (Å²) in [6.07, 6.45) is -2.27. The van der Waals surface area contributed by atoms with Gasteiger partial charge in [0, 0.05) is 17.4 Å². The largest absolute Gasteiger partial charge is 0.490 e. The molecule has 0 radical (unpaired) electrons. The van der Waals surface area contributed by atoms with Gasteiger partial charge in [-0.3, -0.25) is 4.79 Å². The highest BCUT2D eigenvalue weighted by atomic mass is 19.3. The number of benzene rings is 1. The van der Waals surface area contributed by atoms with Gasteiger partial charge in [-0.2, -0.15) is 0 Å². The molecule has 1 aromatic rings. The van der Waals surface area contributed by atoms with Gasteiger partial charge in [0.25, 0.3) is 6.43 Å². The van der Waals surface area contributed by atoms with E-state index in [-0.39, 0.29) is 23.3 Å². The summed E-state index contributed by atoms with van der Waals surface area (Å²) in [5.74, 6) is -0.352. The summed E-state index contributed by atoms with van der Waals surface area (Å²) in [7, 11) is 0. The number of carboxylic acid groups (broad SMARTS) is 1. The van der Waals surface area contributed by atoms with Crippen LogP contribution in [0.3, 0.4) is 0 Å². The lowest BCUT2D eigenvalue weighted by atomic mass is 9.79. The SMILES string of the molecule is CC(C)(CC(=O)O)c1cc2c(cc1C(F)F)OCCCO2. The van der Waals surface area contributed by atoms with Crippen LogP contribution < -0.4 is 9.47 Å². The lowest BCUT2D eigenvalue weighted by Gasteiger charge is -2.27. The Hall–Kier alpha value is -1.85. The molecule has 21 heavy (non-hydrogen) atoms. The first-order chi connectivity index (χ1) is 9.81. The average Bonchev–Trinajstić information content (AvgIpc) is 2.59. The topological polar surface area (TPSA) is 55.8 Å². The molecule has 0 bridgehead atoms. The molecule has 0 atom stereocenters. The second-order valence-electron chi connectivity index (χ2n) is 5.69. The summed E-state index contributed by atoms with van der Waals surface area (Å²) in [5.41, 5.74) is -0.850. The van der Waals surface area contributed by atoms with E-state index < -0.39 is 17.8 Å². The van der Waals surface area contributed by atoms with Gasteiger partial charge in [-0.25, -0.2) is 8.78 Å². The van der Waals surface area contributed by atoms with Crippen LogP contribution in [0.5, 0.6) is 11.5 Å². The van der Waals surface area contributed by atoms with Crippen LogP contribution in [0.1, 0.15) is 44.2 Å². The predicted molar refractivity (Wildman–Crippen MR) is 72.3 cm³/mol. The Labute approximate surface area is 121 Å². The molecule has 0 saturated carbocycles. The van der Waals surface area contributed by atoms with E-state index in [4.69, 9.17) is 14.6 Å². The third-order valence-corrected chi connectivity index (χ3v) is 3.48. The molecule has 0 amide bonds. The van der Waals surface area contributed by atoms with E-state index in [2.05, 4.69) is 0 Å². The number of carbonyl (C=O) groups is 1. The first-order valence-corrected chi connectivity index (χ1v) is 6.75. The number of aliphatic carboxylic acids is 1. The first kappa shape index (κ1) is 15.5. The summed E-state index contributed by atoms with van der Waals surface area (Å²) in [4.78, 5) is 11.0. The van der Waals surface area contributed by atoms with Gasteiger partial charge in [0.15, 0.2) is 11.5 Å². The molecule has 0 spiro atoms. The molecular formula is C15H18F2O4. The molecule has 0 saturated heterocycles. The molecule has 2 rings (SSSR count). The Morgan fingerprint density at radius 3 is 2.38 bits per heavy atom. The monoisotopic (exact) mass is 300 g/mol. The van der Waals surface area contributed by atoms with Crippen molar-refractivity contribution in [3.8, 4) is 11.5 Å². The fourth-order valence-electron chi connectivity index (χ4n) is 2.46. The van der Waals surface area contributed by atoms with Gasteiger partial charge in [0.2, 0.25) is 0 Å². The van der Waals surface area contributed by atoms with Gasteiger partial charge >= 0.3 is 5.97 Å². The number of carboxylic acids is 1. The lowest BCUT2D eigenvalue weighted by Crippen LogP contribution is -2.23. The Morgan fingerprint density at radius 2 is 1.86 bits per heavy atom. The number of ether oxygens (including phenoxy) is 2. The van der Waals surface area contributed by atoms with Gasteiger partial charge < -0.3 is 14.6 Å². The molecule has 1 aliphatic rings. The number of fused-ring (bicyclic) bond motifs is 1. The number of rotatable bonds is 4. The van der Waals surface area contributed by atoms with Crippen molar-refractivity contribution in [1.29, 1.82) is 0 Å². The predicted octanol–water partition coefficient (Wildman–Crippen LogP) is 3.54. The van der Waals surface area contributed by atoms with E-state index in [1.165, 1.54) is 12.1 Å². The fraction of sp³-hybridized carbons (Fsp3) is 0.533. The minimum absolute atomic E-state index is 0.203. The van der Waals surface area contributed by atoms with Crippen LogP contribution in [-0.2, 0) is 10.2 Å². The summed E-state index contributed by atoms with van der Waals surface area (Å²) < 4.78 is 37.6. The van der Waals surface area contributed by atoms with Crippen LogP contribution >= 0.6 is 0 Å². The molecule has 1 aromatic carbocycles. The highest BCUT2D eigenvalue weighted by Gasteiger charge is 2.31. The quantitative estimate of drug-likeness (QED) is 0.924. The van der Waals surface area contributed by atoms with Crippen molar-refractivity contribution >= 4 is 5.97 Å².